The van der Waals surface area contributed by atoms with Crippen LogP contribution in [0.15, 0.2) is 54.7 Å². The van der Waals surface area contributed by atoms with Crippen molar-refractivity contribution in [1.82, 2.24) is 15.3 Å². The van der Waals surface area contributed by atoms with E-state index in [1.807, 2.05) is 30.5 Å². The van der Waals surface area contributed by atoms with Gasteiger partial charge in [-0.05, 0) is 17.7 Å². The number of hydrogen-bond donors (Lipinski definition) is 1. The molecule has 0 aliphatic carbocycles. The lowest BCUT2D eigenvalue weighted by molar-refractivity contribution is 0.395. The maximum Gasteiger partial charge on any atom is 0.213 e. The number of ether oxygens (including phenoxy) is 1. The summed E-state index contributed by atoms with van der Waals surface area (Å²) in [5.74, 6) is 0.640. The van der Waals surface area contributed by atoms with Crippen molar-refractivity contribution in [3.05, 3.63) is 66.0 Å². The first-order valence-electron chi connectivity index (χ1n) is 6.90. The Kier molecular flexibility index (Phi) is 4.07. The van der Waals surface area contributed by atoms with E-state index >= 15 is 0 Å². The summed E-state index contributed by atoms with van der Waals surface area (Å²) in [4.78, 5) is 8.84. The first kappa shape index (κ1) is 13.5. The highest BCUT2D eigenvalue weighted by atomic mass is 16.5. The van der Waals surface area contributed by atoms with Crippen LogP contribution in [0.1, 0.15) is 11.3 Å². The molecule has 106 valence electrons. The smallest absolute Gasteiger partial charge is 0.213 e. The summed E-state index contributed by atoms with van der Waals surface area (Å²) in [6.07, 6.45) is 1.83. The van der Waals surface area contributed by atoms with Gasteiger partial charge in [0.25, 0.3) is 0 Å². The third-order valence-corrected chi connectivity index (χ3v) is 3.33. The molecule has 21 heavy (non-hydrogen) atoms. The highest BCUT2D eigenvalue weighted by molar-refractivity contribution is 5.81. The van der Waals surface area contributed by atoms with Crippen LogP contribution in [0.4, 0.5) is 0 Å². The number of rotatable bonds is 5. The lowest BCUT2D eigenvalue weighted by atomic mass is 10.1. The Morgan fingerprint density at radius 1 is 1.00 bits per heavy atom. The fraction of sp³-hybridized carbons (Fsp3) is 0.176. The van der Waals surface area contributed by atoms with E-state index < -0.39 is 0 Å². The molecule has 2 heterocycles. The van der Waals surface area contributed by atoms with Gasteiger partial charge in [-0.2, -0.15) is 0 Å². The normalized spacial score (nSPS) is 10.7. The number of fused-ring (bicyclic) bond motifs is 1. The van der Waals surface area contributed by atoms with Gasteiger partial charge in [-0.1, -0.05) is 30.3 Å². The predicted octanol–water partition coefficient (Wildman–Crippen LogP) is 2.93. The van der Waals surface area contributed by atoms with E-state index in [1.165, 1.54) is 5.56 Å². The Morgan fingerprint density at radius 2 is 1.86 bits per heavy atom. The molecule has 1 N–H and O–H groups in total. The maximum atomic E-state index is 5.13. The Bertz CT molecular complexity index is 737. The van der Waals surface area contributed by atoms with Crippen LogP contribution in [0.25, 0.3) is 10.9 Å². The van der Waals surface area contributed by atoms with Crippen molar-refractivity contribution < 1.29 is 4.74 Å². The monoisotopic (exact) mass is 279 g/mol. The van der Waals surface area contributed by atoms with Crippen molar-refractivity contribution in [2.75, 3.05) is 7.11 Å². The lowest BCUT2D eigenvalue weighted by Crippen LogP contribution is -2.14. The second kappa shape index (κ2) is 6.33. The first-order valence-corrected chi connectivity index (χ1v) is 6.90. The summed E-state index contributed by atoms with van der Waals surface area (Å²) >= 11 is 0. The van der Waals surface area contributed by atoms with Gasteiger partial charge in [-0.15, -0.1) is 0 Å². The molecule has 4 heteroatoms. The number of nitrogens with zero attached hydrogens (tertiary/aromatic N) is 2. The van der Waals surface area contributed by atoms with E-state index in [2.05, 4.69) is 39.6 Å². The molecule has 0 radical (unpaired) electrons. The topological polar surface area (TPSA) is 47.0 Å². The van der Waals surface area contributed by atoms with Crippen LogP contribution in [0, 0.1) is 0 Å². The van der Waals surface area contributed by atoms with E-state index in [0.717, 1.165) is 23.1 Å². The number of nitrogens with one attached hydrogen (secondary N) is 1. The number of aromatic nitrogens is 2. The molecule has 0 saturated heterocycles. The SMILES string of the molecule is COc1cccc(CNCc2cccc3cccnc23)n1. The Morgan fingerprint density at radius 3 is 2.76 bits per heavy atom. The van der Waals surface area contributed by atoms with Crippen molar-refractivity contribution in [1.29, 1.82) is 0 Å². The van der Waals surface area contributed by atoms with Crippen LogP contribution >= 0.6 is 0 Å². The van der Waals surface area contributed by atoms with Crippen LogP contribution in [0.5, 0.6) is 5.88 Å². The number of hydrogen-bond acceptors (Lipinski definition) is 4. The van der Waals surface area contributed by atoms with Crippen LogP contribution in [-0.4, -0.2) is 17.1 Å². The van der Waals surface area contributed by atoms with E-state index in [0.29, 0.717) is 12.4 Å². The molecule has 1 aromatic carbocycles. The molecule has 0 aliphatic rings. The van der Waals surface area contributed by atoms with Crippen LogP contribution in [0.2, 0.25) is 0 Å². The average Bonchev–Trinajstić information content (AvgIpc) is 2.55. The molecule has 3 aromatic rings. The highest BCUT2D eigenvalue weighted by Crippen LogP contribution is 2.15. The molecule has 4 nitrogen and oxygen atoms in total. The van der Waals surface area contributed by atoms with Crippen molar-refractivity contribution in [3.8, 4) is 5.88 Å². The second-order valence-electron chi connectivity index (χ2n) is 4.77. The van der Waals surface area contributed by atoms with Gasteiger partial charge in [0.15, 0.2) is 0 Å². The summed E-state index contributed by atoms with van der Waals surface area (Å²) in [6, 6.07) is 16.0. The van der Waals surface area contributed by atoms with Crippen LogP contribution in [-0.2, 0) is 13.1 Å². The minimum atomic E-state index is 0.640. The predicted molar refractivity (Wildman–Crippen MR) is 83.1 cm³/mol. The quantitative estimate of drug-likeness (QED) is 0.780. The van der Waals surface area contributed by atoms with E-state index in [4.69, 9.17) is 4.74 Å². The molecule has 0 unspecified atom stereocenters. The van der Waals surface area contributed by atoms with Gasteiger partial charge >= 0.3 is 0 Å². The molecule has 0 fully saturated rings. The molecule has 0 spiro atoms. The lowest BCUT2D eigenvalue weighted by Gasteiger charge is -2.08. The van der Waals surface area contributed by atoms with Crippen LogP contribution in [0.3, 0.4) is 0 Å². The van der Waals surface area contributed by atoms with E-state index in [-0.39, 0.29) is 0 Å². The van der Waals surface area contributed by atoms with Crippen molar-refractivity contribution in [2.24, 2.45) is 0 Å². The third-order valence-electron chi connectivity index (χ3n) is 3.33. The maximum absolute atomic E-state index is 5.13. The van der Waals surface area contributed by atoms with Crippen molar-refractivity contribution in [2.45, 2.75) is 13.1 Å². The summed E-state index contributed by atoms with van der Waals surface area (Å²) in [7, 11) is 1.63. The Hall–Kier alpha value is -2.46. The summed E-state index contributed by atoms with van der Waals surface area (Å²) in [5.41, 5.74) is 3.20. The van der Waals surface area contributed by atoms with Gasteiger partial charge < -0.3 is 10.1 Å². The van der Waals surface area contributed by atoms with Crippen molar-refractivity contribution in [3.63, 3.8) is 0 Å². The average molecular weight is 279 g/mol. The van der Waals surface area contributed by atoms with E-state index in [1.54, 1.807) is 7.11 Å². The number of para-hydroxylation sites is 1. The molecule has 0 amide bonds. The van der Waals surface area contributed by atoms with Gasteiger partial charge in [-0.3, -0.25) is 4.98 Å². The third kappa shape index (κ3) is 3.17. The van der Waals surface area contributed by atoms with E-state index in [9.17, 15) is 0 Å². The van der Waals surface area contributed by atoms with Crippen molar-refractivity contribution >= 4 is 10.9 Å². The second-order valence-corrected chi connectivity index (χ2v) is 4.77. The number of pyridine rings is 2. The minimum absolute atomic E-state index is 0.640. The zero-order valence-corrected chi connectivity index (χ0v) is 11.9. The number of methoxy groups -OCH3 is 1. The number of benzene rings is 1. The molecule has 0 saturated carbocycles. The summed E-state index contributed by atoms with van der Waals surface area (Å²) in [5, 5.41) is 4.57. The first-order chi connectivity index (χ1) is 10.4. The highest BCUT2D eigenvalue weighted by Gasteiger charge is 2.02. The molecule has 2 aromatic heterocycles. The molecule has 0 bridgehead atoms. The molecule has 0 atom stereocenters. The zero-order valence-electron chi connectivity index (χ0n) is 11.9. The molecular weight excluding hydrogens is 262 g/mol. The fourth-order valence-electron chi connectivity index (χ4n) is 2.31. The van der Waals surface area contributed by atoms with Gasteiger partial charge in [-0.25, -0.2) is 4.98 Å². The van der Waals surface area contributed by atoms with Gasteiger partial charge in [0.1, 0.15) is 0 Å². The largest absolute Gasteiger partial charge is 0.481 e. The zero-order chi connectivity index (χ0) is 14.5. The molecular formula is C17H17N3O. The molecule has 0 aliphatic heterocycles. The van der Waals surface area contributed by atoms with Gasteiger partial charge in [0.2, 0.25) is 5.88 Å². The standard InChI is InChI=1S/C17H17N3O/c1-21-16-9-3-8-15(20-16)12-18-11-14-6-2-5-13-7-4-10-19-17(13)14/h2-10,18H,11-12H2,1H3. The van der Waals surface area contributed by atoms with Gasteiger partial charge in [0.05, 0.1) is 18.3 Å². The summed E-state index contributed by atoms with van der Waals surface area (Å²) < 4.78 is 5.13. The van der Waals surface area contributed by atoms with Gasteiger partial charge in [0, 0.05) is 30.7 Å². The Balaban J connectivity index is 1.69. The van der Waals surface area contributed by atoms with Crippen LogP contribution < -0.4 is 10.1 Å². The summed E-state index contributed by atoms with van der Waals surface area (Å²) in [6.45, 7) is 1.45. The Labute approximate surface area is 123 Å². The fourth-order valence-corrected chi connectivity index (χ4v) is 2.31. The molecule has 3 rings (SSSR count). The minimum Gasteiger partial charge on any atom is -0.481 e.